The predicted molar refractivity (Wildman–Crippen MR) is 130 cm³/mol. The van der Waals surface area contributed by atoms with E-state index in [-0.39, 0.29) is 23.4 Å². The fourth-order valence-corrected chi connectivity index (χ4v) is 4.14. The van der Waals surface area contributed by atoms with Crippen molar-refractivity contribution < 1.29 is 14.3 Å². The lowest BCUT2D eigenvalue weighted by atomic mass is 10.1. The molecule has 1 aliphatic rings. The normalized spacial score (nSPS) is 17.2. The summed E-state index contributed by atoms with van der Waals surface area (Å²) in [5.41, 5.74) is 8.42. The number of thioether (sulfide) groups is 1. The van der Waals surface area contributed by atoms with Crippen molar-refractivity contribution in [2.75, 3.05) is 11.5 Å². The highest BCUT2D eigenvalue weighted by molar-refractivity contribution is 8.14. The minimum absolute atomic E-state index is 0.0675. The van der Waals surface area contributed by atoms with E-state index in [0.29, 0.717) is 18.0 Å². The molecule has 0 radical (unpaired) electrons. The topological polar surface area (TPSA) is 97.3 Å². The molecule has 2 amide bonds. The molecule has 168 valence electrons. The number of rotatable bonds is 9. The second-order valence-electron chi connectivity index (χ2n) is 7.26. The second kappa shape index (κ2) is 11.5. The smallest absolute Gasteiger partial charge is 0.247 e. The third-order valence-electron chi connectivity index (χ3n) is 4.92. The molecular formula is C24H28N4O3S. The van der Waals surface area contributed by atoms with Gasteiger partial charge in [0.2, 0.25) is 11.8 Å². The van der Waals surface area contributed by atoms with Crippen LogP contribution in [-0.4, -0.2) is 34.6 Å². The average Bonchev–Trinajstić information content (AvgIpc) is 3.08. The Balaban J connectivity index is 1.70. The van der Waals surface area contributed by atoms with Crippen molar-refractivity contribution in [2.45, 2.75) is 44.8 Å². The molecule has 1 fully saturated rings. The Bertz CT molecular complexity index is 990. The van der Waals surface area contributed by atoms with Gasteiger partial charge in [0, 0.05) is 6.42 Å². The third-order valence-corrected chi connectivity index (χ3v) is 5.89. The third kappa shape index (κ3) is 5.97. The molecular weight excluding hydrogens is 424 g/mol. The van der Waals surface area contributed by atoms with Crippen LogP contribution in [0.2, 0.25) is 0 Å². The van der Waals surface area contributed by atoms with Crippen LogP contribution in [0.4, 0.5) is 5.69 Å². The van der Waals surface area contributed by atoms with Gasteiger partial charge in [-0.3, -0.25) is 9.59 Å². The van der Waals surface area contributed by atoms with Crippen LogP contribution in [0.5, 0.6) is 5.75 Å². The number of nitrogens with two attached hydrogens (primary N) is 1. The Labute approximate surface area is 192 Å². The van der Waals surface area contributed by atoms with Crippen LogP contribution >= 0.6 is 11.8 Å². The SMILES string of the molecule is CCCCC(=NN=C(N)SC1CC(=O)N(c2ccc(OCC)cc2)C1=O)c1ccccc1. The maximum Gasteiger partial charge on any atom is 0.247 e. The lowest BCUT2D eigenvalue weighted by Crippen LogP contribution is -2.31. The summed E-state index contributed by atoms with van der Waals surface area (Å²) in [5.74, 6) is 0.120. The largest absolute Gasteiger partial charge is 0.494 e. The van der Waals surface area contributed by atoms with Crippen LogP contribution in [0, 0.1) is 0 Å². The summed E-state index contributed by atoms with van der Waals surface area (Å²) in [6, 6.07) is 16.7. The first-order valence-corrected chi connectivity index (χ1v) is 11.6. The maximum absolute atomic E-state index is 12.9. The van der Waals surface area contributed by atoms with E-state index in [0.717, 1.165) is 42.3 Å². The quantitative estimate of drug-likeness (QED) is 0.264. The zero-order valence-corrected chi connectivity index (χ0v) is 19.2. The van der Waals surface area contributed by atoms with Gasteiger partial charge in [0.25, 0.3) is 0 Å². The standard InChI is InChI=1S/C24H28N4O3S/c1-3-5-11-20(17-9-7-6-8-10-17)26-27-24(25)32-21-16-22(29)28(23(21)30)18-12-14-19(15-13-18)31-4-2/h6-10,12-15,21H,3-5,11,16H2,1-2H3,(H2,25,27). The monoisotopic (exact) mass is 452 g/mol. The van der Waals surface area contributed by atoms with Crippen molar-refractivity contribution in [2.24, 2.45) is 15.9 Å². The van der Waals surface area contributed by atoms with Gasteiger partial charge in [-0.05, 0) is 49.6 Å². The van der Waals surface area contributed by atoms with E-state index in [9.17, 15) is 9.59 Å². The molecule has 1 unspecified atom stereocenters. The molecule has 1 atom stereocenters. The zero-order chi connectivity index (χ0) is 22.9. The Morgan fingerprint density at radius 3 is 2.47 bits per heavy atom. The van der Waals surface area contributed by atoms with Gasteiger partial charge in [0.1, 0.15) is 11.0 Å². The first-order valence-electron chi connectivity index (χ1n) is 10.7. The number of imide groups is 1. The van der Waals surface area contributed by atoms with Crippen molar-refractivity contribution >= 4 is 40.1 Å². The molecule has 32 heavy (non-hydrogen) atoms. The van der Waals surface area contributed by atoms with Gasteiger partial charge < -0.3 is 10.5 Å². The lowest BCUT2D eigenvalue weighted by Gasteiger charge is -2.15. The second-order valence-corrected chi connectivity index (χ2v) is 8.48. The van der Waals surface area contributed by atoms with E-state index in [2.05, 4.69) is 17.1 Å². The van der Waals surface area contributed by atoms with Crippen molar-refractivity contribution in [3.8, 4) is 5.75 Å². The van der Waals surface area contributed by atoms with Crippen LogP contribution in [0.25, 0.3) is 0 Å². The number of anilines is 1. The number of hydrogen-bond acceptors (Lipinski definition) is 6. The number of hydrogen-bond donors (Lipinski definition) is 1. The highest BCUT2D eigenvalue weighted by Crippen LogP contribution is 2.30. The molecule has 3 rings (SSSR count). The number of carbonyl (C=O) groups excluding carboxylic acids is 2. The van der Waals surface area contributed by atoms with Crippen LogP contribution in [0.3, 0.4) is 0 Å². The number of nitrogens with zero attached hydrogens (tertiary/aromatic N) is 3. The molecule has 7 nitrogen and oxygen atoms in total. The highest BCUT2D eigenvalue weighted by atomic mass is 32.2. The Morgan fingerprint density at radius 2 is 1.81 bits per heavy atom. The highest BCUT2D eigenvalue weighted by Gasteiger charge is 2.40. The van der Waals surface area contributed by atoms with Gasteiger partial charge in [0.15, 0.2) is 5.17 Å². The van der Waals surface area contributed by atoms with Crippen LogP contribution in [0.15, 0.2) is 64.8 Å². The van der Waals surface area contributed by atoms with Gasteiger partial charge in [-0.1, -0.05) is 55.4 Å². The molecule has 8 heteroatoms. The van der Waals surface area contributed by atoms with Gasteiger partial charge in [-0.2, -0.15) is 5.10 Å². The first-order chi connectivity index (χ1) is 15.5. The fraction of sp³-hybridized carbons (Fsp3) is 0.333. The lowest BCUT2D eigenvalue weighted by molar-refractivity contribution is -0.121. The molecule has 0 aliphatic carbocycles. The van der Waals surface area contributed by atoms with E-state index in [1.165, 1.54) is 4.90 Å². The molecule has 2 N–H and O–H groups in total. The molecule has 0 aromatic heterocycles. The maximum atomic E-state index is 12.9. The van der Waals surface area contributed by atoms with Gasteiger partial charge in [-0.15, -0.1) is 5.10 Å². The summed E-state index contributed by atoms with van der Waals surface area (Å²) < 4.78 is 5.42. The van der Waals surface area contributed by atoms with Crippen molar-refractivity contribution in [3.05, 3.63) is 60.2 Å². The van der Waals surface area contributed by atoms with Crippen molar-refractivity contribution in [1.29, 1.82) is 0 Å². The van der Waals surface area contributed by atoms with E-state index in [1.54, 1.807) is 24.3 Å². The van der Waals surface area contributed by atoms with E-state index >= 15 is 0 Å². The Kier molecular flexibility index (Phi) is 8.44. The molecule has 0 saturated carbocycles. The predicted octanol–water partition coefficient (Wildman–Crippen LogP) is 4.36. The number of carbonyl (C=O) groups is 2. The van der Waals surface area contributed by atoms with Gasteiger partial charge >= 0.3 is 0 Å². The van der Waals surface area contributed by atoms with E-state index in [4.69, 9.17) is 10.5 Å². The average molecular weight is 453 g/mol. The Morgan fingerprint density at radius 1 is 1.09 bits per heavy atom. The fourth-order valence-electron chi connectivity index (χ4n) is 3.33. The molecule has 2 aromatic carbocycles. The molecule has 1 aliphatic heterocycles. The number of unbranched alkanes of at least 4 members (excludes halogenated alkanes) is 1. The van der Waals surface area contributed by atoms with Gasteiger partial charge in [-0.25, -0.2) is 4.90 Å². The number of amides is 2. The summed E-state index contributed by atoms with van der Waals surface area (Å²) in [7, 11) is 0. The van der Waals surface area contributed by atoms with Crippen LogP contribution in [0.1, 0.15) is 45.1 Å². The van der Waals surface area contributed by atoms with Crippen molar-refractivity contribution in [1.82, 2.24) is 0 Å². The Hall–Kier alpha value is -3.13. The summed E-state index contributed by atoms with van der Waals surface area (Å²) in [4.78, 5) is 26.6. The molecule has 0 spiro atoms. The van der Waals surface area contributed by atoms with E-state index < -0.39 is 5.25 Å². The minimum atomic E-state index is -0.621. The van der Waals surface area contributed by atoms with Crippen LogP contribution < -0.4 is 15.4 Å². The summed E-state index contributed by atoms with van der Waals surface area (Å²) in [6.45, 7) is 4.56. The number of amidine groups is 1. The number of ether oxygens (including phenoxy) is 1. The zero-order valence-electron chi connectivity index (χ0n) is 18.4. The molecule has 1 saturated heterocycles. The van der Waals surface area contributed by atoms with E-state index in [1.807, 2.05) is 37.3 Å². The first kappa shape index (κ1) is 23.5. The molecule has 2 aromatic rings. The summed E-state index contributed by atoms with van der Waals surface area (Å²) in [6.07, 6.45) is 2.88. The number of benzene rings is 2. The molecule has 0 bridgehead atoms. The van der Waals surface area contributed by atoms with Crippen molar-refractivity contribution in [3.63, 3.8) is 0 Å². The van der Waals surface area contributed by atoms with Gasteiger partial charge in [0.05, 0.1) is 18.0 Å². The van der Waals surface area contributed by atoms with Crippen LogP contribution in [-0.2, 0) is 9.59 Å². The minimum Gasteiger partial charge on any atom is -0.494 e. The summed E-state index contributed by atoms with van der Waals surface area (Å²) in [5, 5.41) is 8.05. The molecule has 1 heterocycles. The summed E-state index contributed by atoms with van der Waals surface area (Å²) >= 11 is 1.07.